The molecule has 0 aliphatic carbocycles. The van der Waals surface area contributed by atoms with Crippen LogP contribution >= 0.6 is 0 Å². The number of benzene rings is 1. The summed E-state index contributed by atoms with van der Waals surface area (Å²) in [6.45, 7) is 2.89. The van der Waals surface area contributed by atoms with Gasteiger partial charge in [0.05, 0.1) is 13.0 Å². The summed E-state index contributed by atoms with van der Waals surface area (Å²) in [5, 5.41) is 3.97. The molecule has 2 aromatic rings. The Balaban J connectivity index is 1.63. The Morgan fingerprint density at radius 3 is 2.91 bits per heavy atom. The molecule has 1 N–H and O–H groups in total. The molecule has 6 nitrogen and oxygen atoms in total. The van der Waals surface area contributed by atoms with Crippen LogP contribution in [0.1, 0.15) is 25.0 Å². The number of ether oxygens (including phenoxy) is 1. The number of furan rings is 1. The van der Waals surface area contributed by atoms with Crippen LogP contribution in [-0.2, 0) is 9.53 Å². The Morgan fingerprint density at radius 2 is 2.17 bits per heavy atom. The fraction of sp³-hybridized carbons (Fsp3) is 0.412. The van der Waals surface area contributed by atoms with E-state index in [9.17, 15) is 9.59 Å². The Hall–Kier alpha value is -2.50. The van der Waals surface area contributed by atoms with Crippen LogP contribution in [0.4, 0.5) is 4.79 Å². The van der Waals surface area contributed by atoms with Crippen LogP contribution in [0.15, 0.2) is 34.7 Å². The molecule has 1 saturated heterocycles. The third-order valence-electron chi connectivity index (χ3n) is 4.23. The SMILES string of the molecule is COC(=O)N1CCC(NC(=O)C(C)c2cc3ccccc3o2)C1. The highest BCUT2D eigenvalue weighted by atomic mass is 16.5. The number of carbonyl (C=O) groups is 2. The number of para-hydroxylation sites is 1. The maximum absolute atomic E-state index is 12.4. The van der Waals surface area contributed by atoms with E-state index in [2.05, 4.69) is 5.32 Å². The topological polar surface area (TPSA) is 71.8 Å². The predicted octanol–water partition coefficient (Wildman–Crippen LogP) is 2.49. The van der Waals surface area contributed by atoms with Gasteiger partial charge in [-0.25, -0.2) is 4.79 Å². The summed E-state index contributed by atoms with van der Waals surface area (Å²) in [4.78, 5) is 25.5. The molecule has 1 aliphatic rings. The molecule has 2 atom stereocenters. The van der Waals surface area contributed by atoms with Gasteiger partial charge in [-0.15, -0.1) is 0 Å². The third kappa shape index (κ3) is 3.16. The first kappa shape index (κ1) is 15.4. The maximum atomic E-state index is 12.4. The molecule has 1 fully saturated rings. The van der Waals surface area contributed by atoms with Crippen molar-refractivity contribution in [3.05, 3.63) is 36.1 Å². The van der Waals surface area contributed by atoms with Crippen LogP contribution in [0.3, 0.4) is 0 Å². The normalized spacial score (nSPS) is 18.9. The molecule has 1 aromatic carbocycles. The first-order valence-electron chi connectivity index (χ1n) is 7.70. The van der Waals surface area contributed by atoms with Gasteiger partial charge in [-0.3, -0.25) is 4.79 Å². The molecule has 2 heterocycles. The summed E-state index contributed by atoms with van der Waals surface area (Å²) in [6, 6.07) is 9.53. The van der Waals surface area contributed by atoms with Crippen LogP contribution in [0.5, 0.6) is 0 Å². The van der Waals surface area contributed by atoms with Gasteiger partial charge in [0, 0.05) is 24.5 Å². The molecule has 3 rings (SSSR count). The van der Waals surface area contributed by atoms with Crippen LogP contribution in [0.25, 0.3) is 11.0 Å². The lowest BCUT2D eigenvalue weighted by Crippen LogP contribution is -2.40. The largest absolute Gasteiger partial charge is 0.460 e. The van der Waals surface area contributed by atoms with Crippen molar-refractivity contribution in [1.82, 2.24) is 10.2 Å². The van der Waals surface area contributed by atoms with Crippen LogP contribution in [0, 0.1) is 0 Å². The van der Waals surface area contributed by atoms with Gasteiger partial charge in [0.25, 0.3) is 0 Å². The molecule has 0 spiro atoms. The predicted molar refractivity (Wildman–Crippen MR) is 85.2 cm³/mol. The zero-order chi connectivity index (χ0) is 16.4. The molecule has 2 amide bonds. The van der Waals surface area contributed by atoms with E-state index >= 15 is 0 Å². The van der Waals surface area contributed by atoms with E-state index in [-0.39, 0.29) is 24.0 Å². The average molecular weight is 316 g/mol. The fourth-order valence-corrected chi connectivity index (χ4v) is 2.84. The van der Waals surface area contributed by atoms with Gasteiger partial charge >= 0.3 is 6.09 Å². The quantitative estimate of drug-likeness (QED) is 0.944. The number of hydrogen-bond donors (Lipinski definition) is 1. The third-order valence-corrected chi connectivity index (χ3v) is 4.23. The lowest BCUT2D eigenvalue weighted by molar-refractivity contribution is -0.123. The Bertz CT molecular complexity index is 691. The Kier molecular flexibility index (Phi) is 4.23. The summed E-state index contributed by atoms with van der Waals surface area (Å²) in [6.07, 6.45) is 0.375. The number of fused-ring (bicyclic) bond motifs is 1. The summed E-state index contributed by atoms with van der Waals surface area (Å²) in [5.74, 6) is 0.168. The molecular formula is C17H20N2O4. The van der Waals surface area contributed by atoms with Gasteiger partial charge in [-0.2, -0.15) is 0 Å². The van der Waals surface area contributed by atoms with E-state index in [0.29, 0.717) is 18.8 Å². The van der Waals surface area contributed by atoms with Crippen molar-refractivity contribution in [1.29, 1.82) is 0 Å². The van der Waals surface area contributed by atoms with Crippen LogP contribution in [-0.4, -0.2) is 43.1 Å². The van der Waals surface area contributed by atoms with Gasteiger partial charge in [-0.05, 0) is 25.5 Å². The first-order chi connectivity index (χ1) is 11.1. The summed E-state index contributed by atoms with van der Waals surface area (Å²) in [5.41, 5.74) is 0.778. The molecule has 23 heavy (non-hydrogen) atoms. The highest BCUT2D eigenvalue weighted by molar-refractivity contribution is 5.85. The smallest absolute Gasteiger partial charge is 0.409 e. The number of amides is 2. The number of carbonyl (C=O) groups excluding carboxylic acids is 2. The minimum atomic E-state index is -0.380. The fourth-order valence-electron chi connectivity index (χ4n) is 2.84. The molecule has 0 saturated carbocycles. The van der Waals surface area contributed by atoms with Crippen molar-refractivity contribution in [2.24, 2.45) is 0 Å². The number of hydrogen-bond acceptors (Lipinski definition) is 4. The van der Waals surface area contributed by atoms with Gasteiger partial charge in [0.15, 0.2) is 0 Å². The lowest BCUT2D eigenvalue weighted by atomic mass is 10.1. The van der Waals surface area contributed by atoms with E-state index in [1.807, 2.05) is 37.3 Å². The number of methoxy groups -OCH3 is 1. The molecule has 2 unspecified atom stereocenters. The highest BCUT2D eigenvalue weighted by Crippen LogP contribution is 2.25. The standard InChI is InChI=1S/C17H20N2O4/c1-11(15-9-12-5-3-4-6-14(12)23-15)16(20)18-13-7-8-19(10-13)17(21)22-2/h3-6,9,11,13H,7-8,10H2,1-2H3,(H,18,20). The first-order valence-corrected chi connectivity index (χ1v) is 7.70. The minimum absolute atomic E-state index is 0.0478. The molecule has 122 valence electrons. The number of nitrogens with zero attached hydrogens (tertiary/aromatic N) is 1. The Morgan fingerprint density at radius 1 is 1.39 bits per heavy atom. The van der Waals surface area contributed by atoms with Gasteiger partial charge in [-0.1, -0.05) is 18.2 Å². The molecule has 1 aromatic heterocycles. The number of rotatable bonds is 3. The van der Waals surface area contributed by atoms with Crippen LogP contribution in [0.2, 0.25) is 0 Å². The van der Waals surface area contributed by atoms with Crippen molar-refractivity contribution in [3.63, 3.8) is 0 Å². The lowest BCUT2D eigenvalue weighted by Gasteiger charge is -2.17. The number of likely N-dealkylation sites (tertiary alicyclic amines) is 1. The monoisotopic (exact) mass is 316 g/mol. The zero-order valence-corrected chi connectivity index (χ0v) is 13.2. The van der Waals surface area contributed by atoms with E-state index in [1.165, 1.54) is 7.11 Å². The molecule has 1 aliphatic heterocycles. The van der Waals surface area contributed by atoms with Crippen molar-refractivity contribution >= 4 is 23.0 Å². The van der Waals surface area contributed by atoms with E-state index in [4.69, 9.17) is 9.15 Å². The molecule has 0 radical (unpaired) electrons. The summed E-state index contributed by atoms with van der Waals surface area (Å²) < 4.78 is 10.4. The highest BCUT2D eigenvalue weighted by Gasteiger charge is 2.29. The van der Waals surface area contributed by atoms with E-state index < -0.39 is 0 Å². The van der Waals surface area contributed by atoms with E-state index in [0.717, 1.165) is 17.4 Å². The molecule has 6 heteroatoms. The maximum Gasteiger partial charge on any atom is 0.409 e. The van der Waals surface area contributed by atoms with Crippen molar-refractivity contribution < 1.29 is 18.7 Å². The summed E-state index contributed by atoms with van der Waals surface area (Å²) >= 11 is 0. The van der Waals surface area contributed by atoms with Crippen molar-refractivity contribution in [3.8, 4) is 0 Å². The van der Waals surface area contributed by atoms with E-state index in [1.54, 1.807) is 4.90 Å². The van der Waals surface area contributed by atoms with Gasteiger partial charge in [0.1, 0.15) is 11.3 Å². The second-order valence-electron chi connectivity index (χ2n) is 5.82. The number of nitrogens with one attached hydrogen (secondary N) is 1. The van der Waals surface area contributed by atoms with Gasteiger partial charge < -0.3 is 19.4 Å². The molecular weight excluding hydrogens is 296 g/mol. The second-order valence-corrected chi connectivity index (χ2v) is 5.82. The zero-order valence-electron chi connectivity index (χ0n) is 13.2. The van der Waals surface area contributed by atoms with Crippen molar-refractivity contribution in [2.45, 2.75) is 25.3 Å². The van der Waals surface area contributed by atoms with Crippen molar-refractivity contribution in [2.75, 3.05) is 20.2 Å². The average Bonchev–Trinajstić information content (AvgIpc) is 3.19. The second kappa shape index (κ2) is 6.32. The van der Waals surface area contributed by atoms with Gasteiger partial charge in [0.2, 0.25) is 5.91 Å². The van der Waals surface area contributed by atoms with Crippen LogP contribution < -0.4 is 5.32 Å². The minimum Gasteiger partial charge on any atom is -0.460 e. The molecule has 0 bridgehead atoms. The summed E-state index contributed by atoms with van der Waals surface area (Å²) in [7, 11) is 1.36. The Labute approximate surface area is 134 Å².